The Balaban J connectivity index is 1.96. The first kappa shape index (κ1) is 19.2. The van der Waals surface area contributed by atoms with Gasteiger partial charge in [0.05, 0.1) is 45.7 Å². The highest BCUT2D eigenvalue weighted by Crippen LogP contribution is 2.27. The molecule has 1 amide bonds. The van der Waals surface area contributed by atoms with Gasteiger partial charge in [-0.3, -0.25) is 9.59 Å². The molecule has 2 heterocycles. The van der Waals surface area contributed by atoms with E-state index in [1.165, 1.54) is 0 Å². The SMILES string of the molecule is CCOC(=O)Cc1c(C)nc2c(NC(=O)c3c(Cl)cccc3Cl)cccn12. The van der Waals surface area contributed by atoms with Crippen LogP contribution >= 0.6 is 23.2 Å². The van der Waals surface area contributed by atoms with Crippen molar-refractivity contribution in [2.24, 2.45) is 0 Å². The zero-order valence-electron chi connectivity index (χ0n) is 14.8. The molecule has 0 unspecified atom stereocenters. The zero-order valence-corrected chi connectivity index (χ0v) is 16.3. The monoisotopic (exact) mass is 405 g/mol. The van der Waals surface area contributed by atoms with Gasteiger partial charge in [-0.15, -0.1) is 0 Å². The van der Waals surface area contributed by atoms with Crippen LogP contribution in [0.15, 0.2) is 36.5 Å². The van der Waals surface area contributed by atoms with Crippen LogP contribution in [-0.2, 0) is 16.0 Å². The summed E-state index contributed by atoms with van der Waals surface area (Å²) in [6, 6.07) is 8.34. The third kappa shape index (κ3) is 3.91. The Morgan fingerprint density at radius 2 is 1.89 bits per heavy atom. The number of halogens is 2. The molecule has 0 atom stereocenters. The van der Waals surface area contributed by atoms with Gasteiger partial charge in [-0.2, -0.15) is 0 Å². The van der Waals surface area contributed by atoms with Crippen molar-refractivity contribution in [3.8, 4) is 0 Å². The largest absolute Gasteiger partial charge is 0.466 e. The van der Waals surface area contributed by atoms with E-state index in [4.69, 9.17) is 27.9 Å². The van der Waals surface area contributed by atoms with Crippen LogP contribution in [0.2, 0.25) is 10.0 Å². The van der Waals surface area contributed by atoms with Gasteiger partial charge in [0, 0.05) is 6.20 Å². The molecular weight excluding hydrogens is 389 g/mol. The number of ether oxygens (including phenoxy) is 1. The first-order chi connectivity index (χ1) is 12.9. The van der Waals surface area contributed by atoms with Gasteiger partial charge in [-0.1, -0.05) is 29.3 Å². The fourth-order valence-electron chi connectivity index (χ4n) is 2.79. The maximum atomic E-state index is 12.7. The van der Waals surface area contributed by atoms with Crippen molar-refractivity contribution >= 4 is 46.4 Å². The second-order valence-corrected chi connectivity index (χ2v) is 6.61. The normalized spacial score (nSPS) is 10.8. The lowest BCUT2D eigenvalue weighted by Gasteiger charge is -2.10. The minimum Gasteiger partial charge on any atom is -0.466 e. The van der Waals surface area contributed by atoms with E-state index in [9.17, 15) is 9.59 Å². The van der Waals surface area contributed by atoms with Crippen LogP contribution in [0.1, 0.15) is 28.7 Å². The molecule has 0 aliphatic rings. The number of aromatic nitrogens is 2. The molecule has 2 aromatic heterocycles. The Morgan fingerprint density at radius 3 is 2.56 bits per heavy atom. The van der Waals surface area contributed by atoms with Gasteiger partial charge in [0.1, 0.15) is 0 Å². The summed E-state index contributed by atoms with van der Waals surface area (Å²) in [6.07, 6.45) is 1.87. The summed E-state index contributed by atoms with van der Waals surface area (Å²) in [5.74, 6) is -0.772. The lowest BCUT2D eigenvalue weighted by molar-refractivity contribution is -0.142. The van der Waals surface area contributed by atoms with Crippen LogP contribution in [0.5, 0.6) is 0 Å². The summed E-state index contributed by atoms with van der Waals surface area (Å²) in [7, 11) is 0. The smallest absolute Gasteiger partial charge is 0.311 e. The molecule has 6 nitrogen and oxygen atoms in total. The number of fused-ring (bicyclic) bond motifs is 1. The fraction of sp³-hybridized carbons (Fsp3) is 0.211. The number of pyridine rings is 1. The molecule has 27 heavy (non-hydrogen) atoms. The van der Waals surface area contributed by atoms with E-state index in [1.54, 1.807) is 54.8 Å². The van der Waals surface area contributed by atoms with Crippen LogP contribution in [0, 0.1) is 6.92 Å². The molecule has 0 spiro atoms. The molecule has 3 rings (SSSR count). The van der Waals surface area contributed by atoms with Gasteiger partial charge in [-0.05, 0) is 38.1 Å². The van der Waals surface area contributed by atoms with Gasteiger partial charge < -0.3 is 14.5 Å². The predicted octanol–water partition coefficient (Wildman–Crippen LogP) is 4.31. The molecule has 1 aromatic carbocycles. The van der Waals surface area contributed by atoms with Crippen LogP contribution in [0.3, 0.4) is 0 Å². The average Bonchev–Trinajstić information content (AvgIpc) is 2.92. The molecule has 0 bridgehead atoms. The highest BCUT2D eigenvalue weighted by molar-refractivity contribution is 6.40. The van der Waals surface area contributed by atoms with Gasteiger partial charge in [0.15, 0.2) is 5.65 Å². The predicted molar refractivity (Wildman–Crippen MR) is 105 cm³/mol. The maximum Gasteiger partial charge on any atom is 0.311 e. The summed E-state index contributed by atoms with van der Waals surface area (Å²) in [4.78, 5) is 29.0. The number of hydrogen-bond donors (Lipinski definition) is 1. The molecule has 0 fully saturated rings. The van der Waals surface area contributed by atoms with E-state index in [0.29, 0.717) is 29.3 Å². The van der Waals surface area contributed by atoms with Crippen molar-refractivity contribution < 1.29 is 14.3 Å². The Labute approximate surface area is 166 Å². The number of amides is 1. The number of hydrogen-bond acceptors (Lipinski definition) is 4. The fourth-order valence-corrected chi connectivity index (χ4v) is 3.36. The van der Waals surface area contributed by atoms with Gasteiger partial charge >= 0.3 is 5.97 Å². The van der Waals surface area contributed by atoms with E-state index in [2.05, 4.69) is 10.3 Å². The molecule has 0 aliphatic carbocycles. The van der Waals surface area contributed by atoms with Crippen molar-refractivity contribution in [3.05, 3.63) is 63.5 Å². The summed E-state index contributed by atoms with van der Waals surface area (Å²) in [6.45, 7) is 3.87. The second-order valence-electron chi connectivity index (χ2n) is 5.79. The molecular formula is C19H17Cl2N3O3. The number of esters is 1. The van der Waals surface area contributed by atoms with Gasteiger partial charge in [0.25, 0.3) is 5.91 Å². The number of imidazole rings is 1. The average molecular weight is 406 g/mol. The topological polar surface area (TPSA) is 72.7 Å². The van der Waals surface area contributed by atoms with Crippen LogP contribution < -0.4 is 5.32 Å². The Bertz CT molecular complexity index is 1010. The summed E-state index contributed by atoms with van der Waals surface area (Å²) in [5, 5.41) is 3.31. The lowest BCUT2D eigenvalue weighted by Crippen LogP contribution is -2.14. The quantitative estimate of drug-likeness (QED) is 0.641. The Hall–Kier alpha value is -2.57. The zero-order chi connectivity index (χ0) is 19.6. The second kappa shape index (κ2) is 7.98. The number of nitrogens with one attached hydrogen (secondary N) is 1. The minimum atomic E-state index is -0.439. The Kier molecular flexibility index (Phi) is 5.68. The highest BCUT2D eigenvalue weighted by Gasteiger charge is 2.19. The number of nitrogens with zero attached hydrogens (tertiary/aromatic N) is 2. The molecule has 0 aliphatic heterocycles. The number of rotatable bonds is 5. The van der Waals surface area contributed by atoms with E-state index in [1.807, 2.05) is 0 Å². The van der Waals surface area contributed by atoms with E-state index >= 15 is 0 Å². The molecule has 0 saturated carbocycles. The van der Waals surface area contributed by atoms with Crippen molar-refractivity contribution in [3.63, 3.8) is 0 Å². The highest BCUT2D eigenvalue weighted by atomic mass is 35.5. The summed E-state index contributed by atoms with van der Waals surface area (Å²) in [5.41, 5.74) is 2.58. The molecule has 0 radical (unpaired) electrons. The van der Waals surface area contributed by atoms with Crippen molar-refractivity contribution in [2.45, 2.75) is 20.3 Å². The molecule has 8 heteroatoms. The lowest BCUT2D eigenvalue weighted by atomic mass is 10.2. The van der Waals surface area contributed by atoms with Crippen molar-refractivity contribution in [2.75, 3.05) is 11.9 Å². The molecule has 0 saturated heterocycles. The first-order valence-electron chi connectivity index (χ1n) is 8.30. The van der Waals surface area contributed by atoms with E-state index in [-0.39, 0.29) is 28.0 Å². The summed E-state index contributed by atoms with van der Waals surface area (Å²) >= 11 is 12.2. The van der Waals surface area contributed by atoms with E-state index < -0.39 is 5.91 Å². The van der Waals surface area contributed by atoms with Crippen LogP contribution in [0.4, 0.5) is 5.69 Å². The van der Waals surface area contributed by atoms with Crippen LogP contribution in [0.25, 0.3) is 5.65 Å². The third-order valence-corrected chi connectivity index (χ3v) is 4.63. The Morgan fingerprint density at radius 1 is 1.19 bits per heavy atom. The molecule has 140 valence electrons. The van der Waals surface area contributed by atoms with Crippen molar-refractivity contribution in [1.29, 1.82) is 0 Å². The standard InChI is InChI=1S/C19H17Cl2N3O3/c1-3-27-16(25)10-15-11(2)22-18-14(8-5-9-24(15)18)23-19(26)17-12(20)6-4-7-13(17)21/h4-9H,3,10H2,1-2H3,(H,23,26). The third-order valence-electron chi connectivity index (χ3n) is 4.00. The van der Waals surface area contributed by atoms with Crippen LogP contribution in [-0.4, -0.2) is 27.9 Å². The van der Waals surface area contributed by atoms with Gasteiger partial charge in [0.2, 0.25) is 0 Å². The summed E-state index contributed by atoms with van der Waals surface area (Å²) < 4.78 is 6.78. The minimum absolute atomic E-state index is 0.0918. The number of benzene rings is 1. The number of carbonyl (C=O) groups is 2. The van der Waals surface area contributed by atoms with Crippen molar-refractivity contribution in [1.82, 2.24) is 9.38 Å². The van der Waals surface area contributed by atoms with Gasteiger partial charge in [-0.25, -0.2) is 4.98 Å². The number of carbonyl (C=O) groups excluding carboxylic acids is 2. The van der Waals surface area contributed by atoms with E-state index in [0.717, 1.165) is 0 Å². The maximum absolute atomic E-state index is 12.7. The first-order valence-corrected chi connectivity index (χ1v) is 9.05. The number of aryl methyl sites for hydroxylation is 1. The molecule has 1 N–H and O–H groups in total. The number of anilines is 1. The molecule has 3 aromatic rings.